The summed E-state index contributed by atoms with van der Waals surface area (Å²) < 4.78 is 0. The van der Waals surface area contributed by atoms with Crippen LogP contribution < -0.4 is 0 Å². The first kappa shape index (κ1) is 20.2. The lowest BCUT2D eigenvalue weighted by Gasteiger charge is -2.10. The third-order valence-corrected chi connectivity index (χ3v) is 4.77. The summed E-state index contributed by atoms with van der Waals surface area (Å²) in [4.78, 5) is 0. The summed E-state index contributed by atoms with van der Waals surface area (Å²) in [5.41, 5.74) is 1.06. The highest BCUT2D eigenvalue weighted by Crippen LogP contribution is 2.20. The fraction of sp³-hybridized carbons (Fsp3) is 0.727. The second-order valence-electron chi connectivity index (χ2n) is 6.96. The molecule has 1 aromatic rings. The van der Waals surface area contributed by atoms with Crippen LogP contribution in [-0.4, -0.2) is 5.11 Å². The van der Waals surface area contributed by atoms with Crippen molar-refractivity contribution in [1.29, 1.82) is 0 Å². The summed E-state index contributed by atoms with van der Waals surface area (Å²) in [5, 5.41) is 10.1. The molecule has 0 aliphatic heterocycles. The SMILES string of the molecule is CCCCCCCCCCCCCCCC(O)c1ccccc1. The van der Waals surface area contributed by atoms with Gasteiger partial charge in [0, 0.05) is 0 Å². The Kier molecular flexibility index (Phi) is 13.0. The molecule has 1 unspecified atom stereocenters. The minimum atomic E-state index is -0.274. The van der Waals surface area contributed by atoms with Crippen molar-refractivity contribution in [3.8, 4) is 0 Å². The maximum atomic E-state index is 10.1. The summed E-state index contributed by atoms with van der Waals surface area (Å²) >= 11 is 0. The second kappa shape index (κ2) is 14.8. The van der Waals surface area contributed by atoms with Gasteiger partial charge in [-0.25, -0.2) is 0 Å². The van der Waals surface area contributed by atoms with E-state index in [1.807, 2.05) is 30.3 Å². The van der Waals surface area contributed by atoms with E-state index in [1.165, 1.54) is 77.0 Å². The predicted molar refractivity (Wildman–Crippen MR) is 102 cm³/mol. The molecule has 1 aromatic carbocycles. The third-order valence-electron chi connectivity index (χ3n) is 4.77. The Balaban J connectivity index is 1.81. The molecule has 0 bridgehead atoms. The molecule has 0 fully saturated rings. The maximum Gasteiger partial charge on any atom is 0.0790 e. The van der Waals surface area contributed by atoms with Gasteiger partial charge in [0.1, 0.15) is 0 Å². The number of rotatable bonds is 15. The first-order valence-corrected chi connectivity index (χ1v) is 10.1. The number of aliphatic hydroxyl groups is 1. The first-order chi connectivity index (χ1) is 11.3. The van der Waals surface area contributed by atoms with Crippen LogP contribution in [0.25, 0.3) is 0 Å². The average molecular weight is 319 g/mol. The second-order valence-corrected chi connectivity index (χ2v) is 6.96. The van der Waals surface area contributed by atoms with Gasteiger partial charge in [-0.15, -0.1) is 0 Å². The van der Waals surface area contributed by atoms with Crippen molar-refractivity contribution in [2.75, 3.05) is 0 Å². The van der Waals surface area contributed by atoms with Gasteiger partial charge in [0.2, 0.25) is 0 Å². The molecule has 23 heavy (non-hydrogen) atoms. The summed E-state index contributed by atoms with van der Waals surface area (Å²) in [6, 6.07) is 10.0. The number of hydrogen-bond acceptors (Lipinski definition) is 1. The topological polar surface area (TPSA) is 20.2 Å². The highest BCUT2D eigenvalue weighted by molar-refractivity contribution is 5.16. The Hall–Kier alpha value is -0.820. The van der Waals surface area contributed by atoms with E-state index >= 15 is 0 Å². The van der Waals surface area contributed by atoms with Crippen LogP contribution in [0.5, 0.6) is 0 Å². The van der Waals surface area contributed by atoms with Gasteiger partial charge in [-0.3, -0.25) is 0 Å². The summed E-state index contributed by atoms with van der Waals surface area (Å²) in [7, 11) is 0. The van der Waals surface area contributed by atoms with Gasteiger partial charge in [0.05, 0.1) is 6.10 Å². The van der Waals surface area contributed by atoms with Gasteiger partial charge in [0.15, 0.2) is 0 Å². The van der Waals surface area contributed by atoms with Gasteiger partial charge >= 0.3 is 0 Å². The fourth-order valence-corrected chi connectivity index (χ4v) is 3.20. The van der Waals surface area contributed by atoms with Crippen LogP contribution in [-0.2, 0) is 0 Å². The molecule has 1 rings (SSSR count). The van der Waals surface area contributed by atoms with Crippen LogP contribution in [0.3, 0.4) is 0 Å². The lowest BCUT2D eigenvalue weighted by atomic mass is 10.0. The van der Waals surface area contributed by atoms with E-state index in [1.54, 1.807) is 0 Å². The van der Waals surface area contributed by atoms with Crippen molar-refractivity contribution in [2.45, 2.75) is 103 Å². The van der Waals surface area contributed by atoms with E-state index in [-0.39, 0.29) is 6.10 Å². The van der Waals surface area contributed by atoms with Gasteiger partial charge in [0.25, 0.3) is 0 Å². The molecular weight excluding hydrogens is 280 g/mol. The van der Waals surface area contributed by atoms with Crippen LogP contribution in [0.15, 0.2) is 30.3 Å². The lowest BCUT2D eigenvalue weighted by molar-refractivity contribution is 0.163. The largest absolute Gasteiger partial charge is 0.388 e. The third kappa shape index (κ3) is 11.4. The van der Waals surface area contributed by atoms with E-state index in [0.717, 1.165) is 18.4 Å². The molecule has 0 spiro atoms. The highest BCUT2D eigenvalue weighted by Gasteiger charge is 2.05. The molecule has 0 aliphatic carbocycles. The Labute approximate surface area is 144 Å². The van der Waals surface area contributed by atoms with Crippen molar-refractivity contribution >= 4 is 0 Å². The van der Waals surface area contributed by atoms with Crippen LogP contribution in [0.4, 0.5) is 0 Å². The molecule has 0 heterocycles. The molecular formula is C22H38O. The van der Waals surface area contributed by atoms with Crippen molar-refractivity contribution in [1.82, 2.24) is 0 Å². The normalized spacial score (nSPS) is 12.4. The summed E-state index contributed by atoms with van der Waals surface area (Å²) in [5.74, 6) is 0. The standard InChI is InChI=1S/C22H38O/c1-2-3-4-5-6-7-8-9-10-11-12-13-17-20-22(23)21-18-15-14-16-19-21/h14-16,18-19,22-23H,2-13,17,20H2,1H3. The van der Waals surface area contributed by atoms with Crippen LogP contribution in [0.2, 0.25) is 0 Å². The zero-order valence-corrected chi connectivity index (χ0v) is 15.3. The van der Waals surface area contributed by atoms with Gasteiger partial charge in [-0.05, 0) is 12.0 Å². The predicted octanol–water partition coefficient (Wildman–Crippen LogP) is 7.20. The molecule has 0 amide bonds. The van der Waals surface area contributed by atoms with Crippen molar-refractivity contribution in [2.24, 2.45) is 0 Å². The maximum absolute atomic E-state index is 10.1. The van der Waals surface area contributed by atoms with Crippen LogP contribution in [0, 0.1) is 0 Å². The summed E-state index contributed by atoms with van der Waals surface area (Å²) in [6.45, 7) is 2.28. The van der Waals surface area contributed by atoms with Gasteiger partial charge in [-0.2, -0.15) is 0 Å². The fourth-order valence-electron chi connectivity index (χ4n) is 3.20. The van der Waals surface area contributed by atoms with Crippen molar-refractivity contribution in [3.05, 3.63) is 35.9 Å². The van der Waals surface area contributed by atoms with E-state index in [2.05, 4.69) is 6.92 Å². The minimum Gasteiger partial charge on any atom is -0.388 e. The molecule has 1 N–H and O–H groups in total. The Bertz CT molecular complexity index is 346. The zero-order chi connectivity index (χ0) is 16.6. The lowest BCUT2D eigenvalue weighted by Crippen LogP contribution is -1.96. The number of aliphatic hydroxyl groups excluding tert-OH is 1. The molecule has 0 aliphatic rings. The van der Waals surface area contributed by atoms with Crippen molar-refractivity contribution < 1.29 is 5.11 Å². The molecule has 132 valence electrons. The Morgan fingerprint density at radius 3 is 1.57 bits per heavy atom. The molecule has 0 saturated heterocycles. The number of benzene rings is 1. The van der Waals surface area contributed by atoms with E-state index in [4.69, 9.17) is 0 Å². The number of hydrogen-bond donors (Lipinski definition) is 1. The zero-order valence-electron chi connectivity index (χ0n) is 15.3. The van der Waals surface area contributed by atoms with Crippen LogP contribution >= 0.6 is 0 Å². The molecule has 1 heteroatoms. The first-order valence-electron chi connectivity index (χ1n) is 10.1. The average Bonchev–Trinajstić information content (AvgIpc) is 2.59. The van der Waals surface area contributed by atoms with E-state index < -0.39 is 0 Å². The Morgan fingerprint density at radius 1 is 0.652 bits per heavy atom. The quantitative estimate of drug-likeness (QED) is 0.339. The minimum absolute atomic E-state index is 0.274. The van der Waals surface area contributed by atoms with Gasteiger partial charge < -0.3 is 5.11 Å². The smallest absolute Gasteiger partial charge is 0.0790 e. The van der Waals surface area contributed by atoms with Crippen LogP contribution in [0.1, 0.15) is 108 Å². The monoisotopic (exact) mass is 318 g/mol. The number of unbranched alkanes of at least 4 members (excludes halogenated alkanes) is 12. The molecule has 0 radical (unpaired) electrons. The van der Waals surface area contributed by atoms with Crippen molar-refractivity contribution in [3.63, 3.8) is 0 Å². The molecule has 1 nitrogen and oxygen atoms in total. The van der Waals surface area contributed by atoms with E-state index in [9.17, 15) is 5.11 Å². The highest BCUT2D eigenvalue weighted by atomic mass is 16.3. The van der Waals surface area contributed by atoms with E-state index in [0.29, 0.717) is 0 Å². The van der Waals surface area contributed by atoms with Gasteiger partial charge in [-0.1, -0.05) is 121 Å². The Morgan fingerprint density at radius 2 is 1.09 bits per heavy atom. The summed E-state index contributed by atoms with van der Waals surface area (Å²) in [6.07, 6.45) is 18.5. The molecule has 0 aromatic heterocycles. The molecule has 0 saturated carbocycles. The molecule has 1 atom stereocenters.